The number of hydrogen-bond donors (Lipinski definition) is 1. The van der Waals surface area contributed by atoms with E-state index in [0.29, 0.717) is 4.90 Å². The Balaban J connectivity index is 2.35. The highest BCUT2D eigenvalue weighted by Gasteiger charge is 2.24. The van der Waals surface area contributed by atoms with E-state index in [0.717, 1.165) is 33.4 Å². The zero-order chi connectivity index (χ0) is 18.1. The van der Waals surface area contributed by atoms with Crippen molar-refractivity contribution in [2.45, 2.75) is 45.6 Å². The third-order valence-electron chi connectivity index (χ3n) is 4.86. The lowest BCUT2D eigenvalue weighted by Gasteiger charge is -2.20. The molecule has 0 radical (unpaired) electrons. The van der Waals surface area contributed by atoms with Crippen molar-refractivity contribution in [1.82, 2.24) is 4.72 Å². The van der Waals surface area contributed by atoms with Gasteiger partial charge < -0.3 is 4.74 Å². The first-order chi connectivity index (χ1) is 11.2. The van der Waals surface area contributed by atoms with Gasteiger partial charge in [0.25, 0.3) is 0 Å². The van der Waals surface area contributed by atoms with Crippen LogP contribution in [0.1, 0.15) is 39.5 Å². The van der Waals surface area contributed by atoms with E-state index >= 15 is 0 Å². The molecular formula is C18H25NO3S2. The van der Waals surface area contributed by atoms with Gasteiger partial charge in [0.1, 0.15) is 0 Å². The Morgan fingerprint density at radius 1 is 1.04 bits per heavy atom. The lowest BCUT2D eigenvalue weighted by atomic mass is 9.95. The van der Waals surface area contributed by atoms with E-state index in [1.165, 1.54) is 0 Å². The van der Waals surface area contributed by atoms with Gasteiger partial charge in [-0.3, -0.25) is 0 Å². The summed E-state index contributed by atoms with van der Waals surface area (Å²) in [4.78, 5) is 0.392. The topological polar surface area (TPSA) is 55.4 Å². The number of methoxy groups -OCH3 is 1. The number of thiophene rings is 1. The molecular weight excluding hydrogens is 342 g/mol. The summed E-state index contributed by atoms with van der Waals surface area (Å²) in [7, 11) is -2.02. The second-order valence-corrected chi connectivity index (χ2v) is 8.57. The number of hydrogen-bond acceptors (Lipinski definition) is 4. The molecule has 0 saturated carbocycles. The van der Waals surface area contributed by atoms with Crippen LogP contribution in [0.3, 0.4) is 0 Å². The van der Waals surface area contributed by atoms with Gasteiger partial charge in [0.2, 0.25) is 10.0 Å². The fourth-order valence-electron chi connectivity index (χ4n) is 2.92. The minimum absolute atomic E-state index is 0.209. The van der Waals surface area contributed by atoms with Crippen LogP contribution in [-0.4, -0.2) is 22.1 Å². The molecule has 0 spiro atoms. The summed E-state index contributed by atoms with van der Waals surface area (Å²) < 4.78 is 34.0. The largest absolute Gasteiger partial charge is 0.375 e. The van der Waals surface area contributed by atoms with Crippen LogP contribution in [0.15, 0.2) is 21.7 Å². The number of benzene rings is 1. The summed E-state index contributed by atoms with van der Waals surface area (Å²) in [6, 6.07) is 1.95. The molecule has 0 amide bonds. The van der Waals surface area contributed by atoms with Crippen molar-refractivity contribution >= 4 is 21.4 Å². The summed E-state index contributed by atoms with van der Waals surface area (Å²) in [6.45, 7) is 9.93. The predicted octanol–water partition coefficient (Wildman–Crippen LogP) is 3.96. The lowest BCUT2D eigenvalue weighted by Crippen LogP contribution is -2.30. The second kappa shape index (κ2) is 7.35. The molecule has 1 unspecified atom stereocenters. The van der Waals surface area contributed by atoms with Crippen molar-refractivity contribution in [1.29, 1.82) is 0 Å². The van der Waals surface area contributed by atoms with Crippen LogP contribution in [0, 0.1) is 34.6 Å². The van der Waals surface area contributed by atoms with Crippen molar-refractivity contribution in [3.05, 3.63) is 50.2 Å². The van der Waals surface area contributed by atoms with Crippen molar-refractivity contribution in [2.24, 2.45) is 0 Å². The minimum atomic E-state index is -3.61. The first-order valence-electron chi connectivity index (χ1n) is 7.82. The normalized spacial score (nSPS) is 13.2. The fourth-order valence-corrected chi connectivity index (χ4v) is 5.25. The highest BCUT2D eigenvalue weighted by molar-refractivity contribution is 7.89. The maximum absolute atomic E-state index is 12.9. The Kier molecular flexibility index (Phi) is 5.86. The molecule has 24 heavy (non-hydrogen) atoms. The zero-order valence-electron chi connectivity index (χ0n) is 15.1. The highest BCUT2D eigenvalue weighted by Crippen LogP contribution is 2.29. The van der Waals surface area contributed by atoms with Gasteiger partial charge in [-0.05, 0) is 84.8 Å². The first kappa shape index (κ1) is 19.1. The first-order valence-corrected chi connectivity index (χ1v) is 10.2. The van der Waals surface area contributed by atoms with E-state index in [1.54, 1.807) is 18.4 Å². The maximum Gasteiger partial charge on any atom is 0.241 e. The molecule has 0 aliphatic carbocycles. The highest BCUT2D eigenvalue weighted by atomic mass is 32.2. The molecule has 1 N–H and O–H groups in total. The molecule has 0 aliphatic heterocycles. The van der Waals surface area contributed by atoms with Gasteiger partial charge in [-0.15, -0.1) is 0 Å². The summed E-state index contributed by atoms with van der Waals surface area (Å²) in [5.41, 5.74) is 5.81. The Labute approximate surface area is 148 Å². The number of rotatable bonds is 6. The molecule has 0 bridgehead atoms. The smallest absolute Gasteiger partial charge is 0.241 e. The van der Waals surface area contributed by atoms with E-state index in [-0.39, 0.29) is 12.6 Å². The van der Waals surface area contributed by atoms with E-state index < -0.39 is 10.0 Å². The molecule has 132 valence electrons. The monoisotopic (exact) mass is 367 g/mol. The average Bonchev–Trinajstić information content (AvgIpc) is 3.06. The molecule has 1 heterocycles. The molecule has 1 atom stereocenters. The molecule has 0 saturated heterocycles. The molecule has 2 rings (SSSR count). The Hall–Kier alpha value is -1.21. The number of nitrogens with one attached hydrogen (secondary N) is 1. The molecule has 1 aromatic heterocycles. The van der Waals surface area contributed by atoms with Crippen LogP contribution >= 0.6 is 11.3 Å². The summed E-state index contributed by atoms with van der Waals surface area (Å²) in [6.07, 6.45) is -0.292. The molecule has 2 aromatic rings. The van der Waals surface area contributed by atoms with Crippen LogP contribution in [0.5, 0.6) is 0 Å². The Morgan fingerprint density at radius 2 is 1.58 bits per heavy atom. The van der Waals surface area contributed by atoms with Gasteiger partial charge in [0, 0.05) is 13.7 Å². The van der Waals surface area contributed by atoms with Crippen molar-refractivity contribution in [2.75, 3.05) is 13.7 Å². The van der Waals surface area contributed by atoms with Crippen LogP contribution in [0.25, 0.3) is 0 Å². The van der Waals surface area contributed by atoms with Gasteiger partial charge in [-0.25, -0.2) is 13.1 Å². The lowest BCUT2D eigenvalue weighted by molar-refractivity contribution is 0.107. The zero-order valence-corrected chi connectivity index (χ0v) is 16.7. The molecule has 0 fully saturated rings. The standard InChI is InChI=1S/C18H25NO3S2/c1-11-12(2)14(4)18(15(5)13(11)3)24(20,21)19-9-17(22-6)16-7-8-23-10-16/h7-8,10,17,19H,9H2,1-6H3. The van der Waals surface area contributed by atoms with E-state index in [9.17, 15) is 8.42 Å². The summed E-state index contributed by atoms with van der Waals surface area (Å²) >= 11 is 1.57. The van der Waals surface area contributed by atoms with Crippen molar-refractivity contribution < 1.29 is 13.2 Å². The fraction of sp³-hybridized carbons (Fsp3) is 0.444. The second-order valence-electron chi connectivity index (χ2n) is 6.09. The van der Waals surface area contributed by atoms with Gasteiger partial charge >= 0.3 is 0 Å². The van der Waals surface area contributed by atoms with Crippen LogP contribution in [-0.2, 0) is 14.8 Å². The SMILES string of the molecule is COC(CNS(=O)(=O)c1c(C)c(C)c(C)c(C)c1C)c1ccsc1. The molecule has 6 heteroatoms. The number of sulfonamides is 1. The van der Waals surface area contributed by atoms with Gasteiger partial charge in [0.05, 0.1) is 11.0 Å². The summed E-state index contributed by atoms with van der Waals surface area (Å²) in [5.74, 6) is 0. The third-order valence-corrected chi connectivity index (χ3v) is 7.26. The van der Waals surface area contributed by atoms with Crippen LogP contribution in [0.2, 0.25) is 0 Å². The van der Waals surface area contributed by atoms with E-state index in [4.69, 9.17) is 4.74 Å². The summed E-state index contributed by atoms with van der Waals surface area (Å²) in [5, 5.41) is 3.93. The van der Waals surface area contributed by atoms with Gasteiger partial charge in [0.15, 0.2) is 0 Å². The van der Waals surface area contributed by atoms with Crippen LogP contribution in [0.4, 0.5) is 0 Å². The van der Waals surface area contributed by atoms with Gasteiger partial charge in [-0.1, -0.05) is 0 Å². The Bertz CT molecular complexity index is 795. The van der Waals surface area contributed by atoms with Crippen molar-refractivity contribution in [3.63, 3.8) is 0 Å². The van der Waals surface area contributed by atoms with Crippen molar-refractivity contribution in [3.8, 4) is 0 Å². The van der Waals surface area contributed by atoms with Crippen LogP contribution < -0.4 is 4.72 Å². The molecule has 1 aromatic carbocycles. The molecule has 4 nitrogen and oxygen atoms in total. The molecule has 0 aliphatic rings. The predicted molar refractivity (Wildman–Crippen MR) is 99.4 cm³/mol. The maximum atomic E-state index is 12.9. The number of ether oxygens (including phenoxy) is 1. The Morgan fingerprint density at radius 3 is 2.04 bits per heavy atom. The third kappa shape index (κ3) is 3.57. The quantitative estimate of drug-likeness (QED) is 0.841. The van der Waals surface area contributed by atoms with Gasteiger partial charge in [-0.2, -0.15) is 11.3 Å². The van der Waals surface area contributed by atoms with E-state index in [1.807, 2.05) is 51.4 Å². The van der Waals surface area contributed by atoms with E-state index in [2.05, 4.69) is 4.72 Å². The average molecular weight is 368 g/mol. The minimum Gasteiger partial charge on any atom is -0.375 e.